The number of carbonyl (C=O) groups is 2. The Morgan fingerprint density at radius 1 is 1.22 bits per heavy atom. The first kappa shape index (κ1) is 17.8. The number of nitrogens with zero attached hydrogens (tertiary/aromatic N) is 3. The molecule has 3 fully saturated rings. The summed E-state index contributed by atoms with van der Waals surface area (Å²) in [6.07, 6.45) is 8.40. The molecule has 27 heavy (non-hydrogen) atoms. The molecule has 3 saturated carbocycles. The van der Waals surface area contributed by atoms with Crippen LogP contribution in [0.25, 0.3) is 11.0 Å². The molecule has 0 aromatic carbocycles. The highest BCUT2D eigenvalue weighted by Crippen LogP contribution is 2.57. The summed E-state index contributed by atoms with van der Waals surface area (Å²) in [6, 6.07) is 0. The maximum atomic E-state index is 12.8. The van der Waals surface area contributed by atoms with Gasteiger partial charge in [0.25, 0.3) is 5.91 Å². The first-order valence-electron chi connectivity index (χ1n) is 9.32. The fourth-order valence-corrected chi connectivity index (χ4v) is 4.83. The van der Waals surface area contributed by atoms with E-state index in [0.29, 0.717) is 29.0 Å². The van der Waals surface area contributed by atoms with Gasteiger partial charge < -0.3 is 20.4 Å². The van der Waals surface area contributed by atoms with Crippen molar-refractivity contribution >= 4 is 28.6 Å². The van der Waals surface area contributed by atoms with Gasteiger partial charge in [-0.15, -0.1) is 0 Å². The van der Waals surface area contributed by atoms with Gasteiger partial charge in [-0.1, -0.05) is 0 Å². The van der Waals surface area contributed by atoms with Crippen LogP contribution >= 0.6 is 0 Å². The highest BCUT2D eigenvalue weighted by molar-refractivity contribution is 6.05. The van der Waals surface area contributed by atoms with Crippen LogP contribution in [-0.4, -0.2) is 40.1 Å². The average molecular weight is 371 g/mol. The van der Waals surface area contributed by atoms with E-state index in [2.05, 4.69) is 15.3 Å². The minimum atomic E-state index is -0.306. The van der Waals surface area contributed by atoms with Crippen LogP contribution in [0.2, 0.25) is 0 Å². The van der Waals surface area contributed by atoms with Gasteiger partial charge in [-0.25, -0.2) is 9.97 Å². The topological polar surface area (TPSA) is 112 Å². The van der Waals surface area contributed by atoms with Crippen LogP contribution in [0.4, 0.5) is 5.69 Å². The van der Waals surface area contributed by atoms with Crippen LogP contribution in [0, 0.1) is 10.8 Å². The van der Waals surface area contributed by atoms with Gasteiger partial charge in [-0.05, 0) is 43.9 Å². The zero-order valence-corrected chi connectivity index (χ0v) is 15.7. The predicted octanol–water partition coefficient (Wildman–Crippen LogP) is 1.79. The molecule has 8 heteroatoms. The first-order chi connectivity index (χ1) is 12.9. The third kappa shape index (κ3) is 2.74. The van der Waals surface area contributed by atoms with Crippen molar-refractivity contribution in [1.82, 2.24) is 19.9 Å². The average Bonchev–Trinajstić information content (AvgIpc) is 3.01. The number of rotatable bonds is 4. The van der Waals surface area contributed by atoms with E-state index in [0.717, 1.165) is 38.5 Å². The number of aryl methyl sites for hydroxylation is 1. The molecule has 144 valence electrons. The van der Waals surface area contributed by atoms with E-state index in [4.69, 9.17) is 10.5 Å². The second-order valence-corrected chi connectivity index (χ2v) is 8.07. The van der Waals surface area contributed by atoms with E-state index < -0.39 is 0 Å². The zero-order chi connectivity index (χ0) is 19.2. The fourth-order valence-electron chi connectivity index (χ4n) is 4.83. The lowest BCUT2D eigenvalue weighted by atomic mass is 9.53. The molecule has 3 aliphatic carbocycles. The molecule has 0 unspecified atom stereocenters. The van der Waals surface area contributed by atoms with Crippen LogP contribution in [0.15, 0.2) is 12.5 Å². The molecule has 8 nitrogen and oxygen atoms in total. The molecule has 3 aliphatic rings. The van der Waals surface area contributed by atoms with Gasteiger partial charge in [-0.3, -0.25) is 9.59 Å². The molecule has 0 radical (unpaired) electrons. The van der Waals surface area contributed by atoms with Crippen LogP contribution in [0.5, 0.6) is 0 Å². The van der Waals surface area contributed by atoms with E-state index in [1.165, 1.54) is 13.4 Å². The molecule has 0 saturated heterocycles. The van der Waals surface area contributed by atoms with Gasteiger partial charge in [0.05, 0.1) is 18.2 Å². The summed E-state index contributed by atoms with van der Waals surface area (Å²) in [5, 5.41) is 3.07. The number of hydrogen-bond donors (Lipinski definition) is 2. The maximum absolute atomic E-state index is 12.8. The molecule has 0 atom stereocenters. The monoisotopic (exact) mass is 371 g/mol. The molecule has 2 heterocycles. The van der Waals surface area contributed by atoms with Gasteiger partial charge >= 0.3 is 5.97 Å². The quantitative estimate of drug-likeness (QED) is 0.793. The number of amides is 1. The molecule has 0 spiro atoms. The van der Waals surface area contributed by atoms with E-state index >= 15 is 0 Å². The number of hydrogen-bond acceptors (Lipinski definition) is 6. The lowest BCUT2D eigenvalue weighted by molar-refractivity contribution is -0.162. The molecule has 2 aromatic rings. The Morgan fingerprint density at radius 2 is 1.89 bits per heavy atom. The van der Waals surface area contributed by atoms with Crippen LogP contribution in [-0.2, 0) is 16.6 Å². The van der Waals surface area contributed by atoms with Gasteiger partial charge in [0.15, 0.2) is 5.69 Å². The number of esters is 1. The predicted molar refractivity (Wildman–Crippen MR) is 99.8 cm³/mol. The minimum absolute atomic E-state index is 0.0603. The third-order valence-corrected chi connectivity index (χ3v) is 6.64. The van der Waals surface area contributed by atoms with Crippen molar-refractivity contribution < 1.29 is 14.3 Å². The lowest BCUT2D eigenvalue weighted by Gasteiger charge is -2.51. The summed E-state index contributed by atoms with van der Waals surface area (Å²) in [5.41, 5.74) is 7.81. The van der Waals surface area contributed by atoms with E-state index in [9.17, 15) is 9.59 Å². The minimum Gasteiger partial charge on any atom is -0.469 e. The molecule has 3 N–H and O–H groups in total. The molecule has 1 amide bonds. The highest BCUT2D eigenvalue weighted by Gasteiger charge is 2.53. The standard InChI is InChI=1S/C19H25N5O3/c1-24-9-12(20)13-15(24)14(23-11-22-13)16(25)21-10-18-3-6-19(7-4-18,8-5-18)17(26)27-2/h9,11H,3-8,10,20H2,1-2H3,(H,21,25). The Bertz CT molecular complexity index is 895. The molecular formula is C19H25N5O3. The Balaban J connectivity index is 1.48. The Morgan fingerprint density at radius 3 is 2.52 bits per heavy atom. The number of nitrogens with one attached hydrogen (secondary N) is 1. The summed E-state index contributed by atoms with van der Waals surface area (Å²) in [7, 11) is 3.29. The number of anilines is 1. The number of aromatic nitrogens is 3. The van der Waals surface area contributed by atoms with Gasteiger partial charge in [0, 0.05) is 19.8 Å². The Hall–Kier alpha value is -2.64. The summed E-state index contributed by atoms with van der Waals surface area (Å²) < 4.78 is 6.80. The SMILES string of the molecule is COC(=O)C12CCC(CNC(=O)c3ncnc4c(N)cn(C)c34)(CC1)CC2. The number of carbonyl (C=O) groups excluding carboxylic acids is 2. The number of nitrogen functional groups attached to an aromatic ring is 1. The summed E-state index contributed by atoms with van der Waals surface area (Å²) in [5.74, 6) is -0.294. The van der Waals surface area contributed by atoms with Crippen LogP contribution in [0.3, 0.4) is 0 Å². The van der Waals surface area contributed by atoms with E-state index in [-0.39, 0.29) is 22.7 Å². The number of fused-ring (bicyclic) bond motifs is 4. The summed E-state index contributed by atoms with van der Waals surface area (Å²) in [4.78, 5) is 33.3. The van der Waals surface area contributed by atoms with Crippen LogP contribution in [0.1, 0.15) is 49.0 Å². The van der Waals surface area contributed by atoms with Crippen molar-refractivity contribution in [2.45, 2.75) is 38.5 Å². The second kappa shape index (κ2) is 6.21. The largest absolute Gasteiger partial charge is 0.469 e. The Kier molecular flexibility index (Phi) is 4.09. The second-order valence-electron chi connectivity index (χ2n) is 8.07. The first-order valence-corrected chi connectivity index (χ1v) is 9.32. The zero-order valence-electron chi connectivity index (χ0n) is 15.7. The van der Waals surface area contributed by atoms with Crippen molar-refractivity contribution in [3.05, 3.63) is 18.2 Å². The lowest BCUT2D eigenvalue weighted by Crippen LogP contribution is -2.50. The van der Waals surface area contributed by atoms with Crippen molar-refractivity contribution in [3.8, 4) is 0 Å². The van der Waals surface area contributed by atoms with Gasteiger partial charge in [-0.2, -0.15) is 0 Å². The van der Waals surface area contributed by atoms with Crippen molar-refractivity contribution in [1.29, 1.82) is 0 Å². The molecular weight excluding hydrogens is 346 g/mol. The smallest absolute Gasteiger partial charge is 0.311 e. The molecule has 5 rings (SSSR count). The van der Waals surface area contributed by atoms with Crippen LogP contribution < -0.4 is 11.1 Å². The van der Waals surface area contributed by atoms with Crippen molar-refractivity contribution in [2.75, 3.05) is 19.4 Å². The van der Waals surface area contributed by atoms with E-state index in [1.807, 2.05) is 7.05 Å². The molecule has 0 aliphatic heterocycles. The van der Waals surface area contributed by atoms with E-state index in [1.54, 1.807) is 10.8 Å². The van der Waals surface area contributed by atoms with Gasteiger partial charge in [0.2, 0.25) is 0 Å². The Labute approximate surface area is 157 Å². The molecule has 2 bridgehead atoms. The van der Waals surface area contributed by atoms with Crippen molar-refractivity contribution in [2.24, 2.45) is 17.9 Å². The fraction of sp³-hybridized carbons (Fsp3) is 0.579. The number of nitrogens with two attached hydrogens (primary N) is 1. The molecule has 2 aromatic heterocycles. The van der Waals surface area contributed by atoms with Crippen molar-refractivity contribution in [3.63, 3.8) is 0 Å². The number of methoxy groups -OCH3 is 1. The van der Waals surface area contributed by atoms with Gasteiger partial charge in [0.1, 0.15) is 17.4 Å². The highest BCUT2D eigenvalue weighted by atomic mass is 16.5. The summed E-state index contributed by atoms with van der Waals surface area (Å²) in [6.45, 7) is 0.592. The summed E-state index contributed by atoms with van der Waals surface area (Å²) >= 11 is 0. The number of ether oxygens (including phenoxy) is 1. The normalized spacial score (nSPS) is 26.9. The third-order valence-electron chi connectivity index (χ3n) is 6.64. The maximum Gasteiger partial charge on any atom is 0.311 e.